The molecule has 0 bridgehead atoms. The van der Waals surface area contributed by atoms with Crippen molar-refractivity contribution in [2.45, 2.75) is 12.8 Å². The summed E-state index contributed by atoms with van der Waals surface area (Å²) in [6.45, 7) is 1.88. The van der Waals surface area contributed by atoms with Gasteiger partial charge in [-0.15, -0.1) is 11.6 Å². The Kier molecular flexibility index (Phi) is 3.54. The molecule has 2 aromatic rings. The van der Waals surface area contributed by atoms with Crippen molar-refractivity contribution in [2.75, 3.05) is 0 Å². The second-order valence-corrected chi connectivity index (χ2v) is 3.76. The van der Waals surface area contributed by atoms with Gasteiger partial charge in [0.1, 0.15) is 11.6 Å². The summed E-state index contributed by atoms with van der Waals surface area (Å²) in [6.07, 6.45) is 2.67. The van der Waals surface area contributed by atoms with Gasteiger partial charge >= 0.3 is 0 Å². The highest BCUT2D eigenvalue weighted by atomic mass is 35.5. The number of pyridine rings is 2. The number of aromatic nitrogens is 2. The van der Waals surface area contributed by atoms with Crippen molar-refractivity contribution in [3.8, 4) is 11.6 Å². The summed E-state index contributed by atoms with van der Waals surface area (Å²) in [5, 5.41) is 0. The summed E-state index contributed by atoms with van der Waals surface area (Å²) in [7, 11) is 0. The molecule has 0 unspecified atom stereocenters. The number of rotatable bonds is 3. The molecular weight excluding hydrogens is 243 g/mol. The molecule has 0 saturated carbocycles. The van der Waals surface area contributed by atoms with E-state index in [4.69, 9.17) is 16.3 Å². The van der Waals surface area contributed by atoms with E-state index < -0.39 is 5.82 Å². The molecule has 0 fully saturated rings. The van der Waals surface area contributed by atoms with Gasteiger partial charge in [-0.2, -0.15) is 0 Å². The van der Waals surface area contributed by atoms with Crippen molar-refractivity contribution >= 4 is 11.6 Å². The quantitative estimate of drug-likeness (QED) is 0.785. The van der Waals surface area contributed by atoms with Gasteiger partial charge in [-0.3, -0.25) is 4.98 Å². The van der Waals surface area contributed by atoms with Crippen LogP contribution in [0.3, 0.4) is 0 Å². The third-order valence-electron chi connectivity index (χ3n) is 2.13. The second kappa shape index (κ2) is 5.10. The molecule has 5 heteroatoms. The fraction of sp³-hybridized carbons (Fsp3) is 0.167. The Balaban J connectivity index is 2.26. The Morgan fingerprint density at radius 1 is 1.29 bits per heavy atom. The second-order valence-electron chi connectivity index (χ2n) is 3.49. The lowest BCUT2D eigenvalue weighted by molar-refractivity contribution is 0.452. The topological polar surface area (TPSA) is 35.0 Å². The van der Waals surface area contributed by atoms with E-state index in [1.54, 1.807) is 12.3 Å². The monoisotopic (exact) mass is 252 g/mol. The highest BCUT2D eigenvalue weighted by Gasteiger charge is 2.07. The number of nitrogens with zero attached hydrogens (tertiary/aromatic N) is 2. The van der Waals surface area contributed by atoms with Crippen molar-refractivity contribution < 1.29 is 9.13 Å². The summed E-state index contributed by atoms with van der Waals surface area (Å²) in [5.41, 5.74) is 1.40. The van der Waals surface area contributed by atoms with Crippen LogP contribution in [0.5, 0.6) is 11.6 Å². The molecule has 0 spiro atoms. The first-order valence-electron chi connectivity index (χ1n) is 5.00. The van der Waals surface area contributed by atoms with Crippen LogP contribution >= 0.6 is 11.6 Å². The smallest absolute Gasteiger partial charge is 0.223 e. The molecule has 2 heterocycles. The van der Waals surface area contributed by atoms with Gasteiger partial charge in [-0.1, -0.05) is 0 Å². The summed E-state index contributed by atoms with van der Waals surface area (Å²) in [6, 6.07) is 4.89. The Morgan fingerprint density at radius 3 is 2.76 bits per heavy atom. The van der Waals surface area contributed by atoms with Crippen LogP contribution < -0.4 is 4.74 Å². The van der Waals surface area contributed by atoms with E-state index in [9.17, 15) is 4.39 Å². The molecule has 0 aliphatic heterocycles. The van der Waals surface area contributed by atoms with Gasteiger partial charge in [0.25, 0.3) is 0 Å². The van der Waals surface area contributed by atoms with E-state index in [0.29, 0.717) is 17.2 Å². The zero-order chi connectivity index (χ0) is 12.3. The third-order valence-corrected chi connectivity index (χ3v) is 2.42. The Hall–Kier alpha value is -1.68. The van der Waals surface area contributed by atoms with Crippen LogP contribution in [0.1, 0.15) is 11.3 Å². The van der Waals surface area contributed by atoms with Crippen molar-refractivity contribution in [3.63, 3.8) is 0 Å². The Bertz CT molecular complexity index is 516. The van der Waals surface area contributed by atoms with Crippen molar-refractivity contribution in [3.05, 3.63) is 47.7 Å². The van der Waals surface area contributed by atoms with Crippen LogP contribution in [0.4, 0.5) is 4.39 Å². The summed E-state index contributed by atoms with van der Waals surface area (Å²) < 4.78 is 18.4. The van der Waals surface area contributed by atoms with Gasteiger partial charge in [0, 0.05) is 11.3 Å². The van der Waals surface area contributed by atoms with E-state index >= 15 is 0 Å². The highest BCUT2D eigenvalue weighted by molar-refractivity contribution is 6.17. The lowest BCUT2D eigenvalue weighted by Crippen LogP contribution is -1.95. The van der Waals surface area contributed by atoms with Gasteiger partial charge in [0.15, 0.2) is 0 Å². The van der Waals surface area contributed by atoms with Crippen molar-refractivity contribution in [1.29, 1.82) is 0 Å². The molecule has 17 heavy (non-hydrogen) atoms. The van der Waals surface area contributed by atoms with Crippen LogP contribution in [0.25, 0.3) is 0 Å². The molecule has 2 rings (SSSR count). The van der Waals surface area contributed by atoms with Crippen LogP contribution in [0.2, 0.25) is 0 Å². The first-order valence-corrected chi connectivity index (χ1v) is 5.53. The Morgan fingerprint density at radius 2 is 2.12 bits per heavy atom. The minimum atomic E-state index is -0.435. The van der Waals surface area contributed by atoms with Crippen LogP contribution in [0, 0.1) is 12.7 Å². The lowest BCUT2D eigenvalue weighted by Gasteiger charge is -2.07. The molecule has 0 aliphatic rings. The number of hydrogen-bond acceptors (Lipinski definition) is 3. The van der Waals surface area contributed by atoms with E-state index in [2.05, 4.69) is 9.97 Å². The molecule has 0 aliphatic carbocycles. The molecule has 0 aromatic carbocycles. The number of hydrogen-bond donors (Lipinski definition) is 0. The van der Waals surface area contributed by atoms with E-state index in [1.807, 2.05) is 13.0 Å². The van der Waals surface area contributed by atoms with Crippen molar-refractivity contribution in [1.82, 2.24) is 9.97 Å². The van der Waals surface area contributed by atoms with Crippen LogP contribution in [-0.4, -0.2) is 9.97 Å². The maximum absolute atomic E-state index is 12.9. The van der Waals surface area contributed by atoms with E-state index in [0.717, 1.165) is 11.9 Å². The van der Waals surface area contributed by atoms with E-state index in [1.165, 1.54) is 6.07 Å². The molecule has 0 atom stereocenters. The number of alkyl halides is 1. The van der Waals surface area contributed by atoms with E-state index in [-0.39, 0.29) is 5.88 Å². The minimum Gasteiger partial charge on any atom is -0.437 e. The predicted molar refractivity (Wildman–Crippen MR) is 62.8 cm³/mol. The average Bonchev–Trinajstić information content (AvgIpc) is 2.34. The largest absolute Gasteiger partial charge is 0.437 e. The predicted octanol–water partition coefficient (Wildman–Crippen LogP) is 3.46. The number of ether oxygens (including phenoxy) is 1. The normalized spacial score (nSPS) is 10.3. The minimum absolute atomic E-state index is 0.138. The van der Waals surface area contributed by atoms with Gasteiger partial charge < -0.3 is 4.74 Å². The molecule has 0 amide bonds. The highest BCUT2D eigenvalue weighted by Crippen LogP contribution is 2.24. The summed E-state index contributed by atoms with van der Waals surface area (Å²) in [5.74, 6) is 0.544. The van der Waals surface area contributed by atoms with Crippen LogP contribution in [-0.2, 0) is 5.88 Å². The first-order chi connectivity index (χ1) is 8.19. The average molecular weight is 253 g/mol. The maximum Gasteiger partial charge on any atom is 0.223 e. The fourth-order valence-electron chi connectivity index (χ4n) is 1.28. The Labute approximate surface area is 103 Å². The molecule has 2 aromatic heterocycles. The number of halogens is 2. The van der Waals surface area contributed by atoms with Crippen molar-refractivity contribution in [2.24, 2.45) is 0 Å². The van der Waals surface area contributed by atoms with Gasteiger partial charge in [-0.25, -0.2) is 9.37 Å². The SMILES string of the molecule is Cc1ccc(Oc2ncc(F)cc2CCl)cn1. The molecule has 0 N–H and O–H groups in total. The van der Waals surface area contributed by atoms with Gasteiger partial charge in [0.05, 0.1) is 18.3 Å². The maximum atomic E-state index is 12.9. The third kappa shape index (κ3) is 2.91. The first kappa shape index (κ1) is 11.8. The van der Waals surface area contributed by atoms with Crippen LogP contribution in [0.15, 0.2) is 30.6 Å². The molecule has 88 valence electrons. The standard InChI is InChI=1S/C12H10ClFN2O/c1-8-2-3-11(7-15-8)17-12-9(5-13)4-10(14)6-16-12/h2-4,6-7H,5H2,1H3. The summed E-state index contributed by atoms with van der Waals surface area (Å²) in [4.78, 5) is 7.95. The van der Waals surface area contributed by atoms with Gasteiger partial charge in [-0.05, 0) is 25.1 Å². The fourth-order valence-corrected chi connectivity index (χ4v) is 1.47. The zero-order valence-corrected chi connectivity index (χ0v) is 9.91. The summed E-state index contributed by atoms with van der Waals surface area (Å²) >= 11 is 5.69. The lowest BCUT2D eigenvalue weighted by atomic mass is 10.3. The molecule has 0 radical (unpaired) electrons. The molecule has 0 saturated heterocycles. The molecule has 3 nitrogen and oxygen atoms in total. The number of aryl methyl sites for hydroxylation is 1. The zero-order valence-electron chi connectivity index (χ0n) is 9.15. The molecular formula is C12H10ClFN2O. The van der Waals surface area contributed by atoms with Gasteiger partial charge in [0.2, 0.25) is 5.88 Å².